The Kier molecular flexibility index (Phi) is 2.36. The SMILES string of the molecule is CC1CCC(C=O)(C(C)C)C1. The molecule has 0 aromatic heterocycles. The number of hydrogen-bond acceptors (Lipinski definition) is 1. The standard InChI is InChI=1S/C10H18O/c1-8(2)10(7-11)5-4-9(3)6-10/h7-9H,4-6H2,1-3H3. The number of rotatable bonds is 2. The lowest BCUT2D eigenvalue weighted by atomic mass is 9.77. The first-order chi connectivity index (χ1) is 5.10. The van der Waals surface area contributed by atoms with Crippen LogP contribution in [-0.4, -0.2) is 6.29 Å². The molecule has 1 fully saturated rings. The van der Waals surface area contributed by atoms with E-state index < -0.39 is 0 Å². The maximum atomic E-state index is 10.9. The molecular weight excluding hydrogens is 136 g/mol. The van der Waals surface area contributed by atoms with Crippen LogP contribution in [0.4, 0.5) is 0 Å². The second-order valence-electron chi connectivity index (χ2n) is 4.35. The second-order valence-corrected chi connectivity index (χ2v) is 4.35. The van der Waals surface area contributed by atoms with Crippen LogP contribution in [0.25, 0.3) is 0 Å². The van der Waals surface area contributed by atoms with Gasteiger partial charge in [-0.15, -0.1) is 0 Å². The van der Waals surface area contributed by atoms with Crippen LogP contribution in [0, 0.1) is 17.3 Å². The van der Waals surface area contributed by atoms with Gasteiger partial charge in [-0.05, 0) is 31.1 Å². The van der Waals surface area contributed by atoms with Gasteiger partial charge in [0, 0.05) is 5.41 Å². The molecule has 0 aliphatic heterocycles. The van der Waals surface area contributed by atoms with Gasteiger partial charge in [0.1, 0.15) is 6.29 Å². The fourth-order valence-electron chi connectivity index (χ4n) is 2.14. The Labute approximate surface area is 69.2 Å². The second kappa shape index (κ2) is 2.96. The van der Waals surface area contributed by atoms with Gasteiger partial charge in [0.05, 0.1) is 0 Å². The Bertz CT molecular complexity index is 151. The molecule has 1 aliphatic carbocycles. The van der Waals surface area contributed by atoms with E-state index in [9.17, 15) is 4.79 Å². The first-order valence-corrected chi connectivity index (χ1v) is 4.57. The van der Waals surface area contributed by atoms with Crippen molar-refractivity contribution < 1.29 is 4.79 Å². The highest BCUT2D eigenvalue weighted by Crippen LogP contribution is 2.45. The van der Waals surface area contributed by atoms with Crippen LogP contribution in [0.15, 0.2) is 0 Å². The van der Waals surface area contributed by atoms with Gasteiger partial charge in [0.2, 0.25) is 0 Å². The Hall–Kier alpha value is -0.330. The first kappa shape index (κ1) is 8.76. The van der Waals surface area contributed by atoms with Gasteiger partial charge < -0.3 is 4.79 Å². The molecule has 1 aliphatic rings. The first-order valence-electron chi connectivity index (χ1n) is 4.57. The van der Waals surface area contributed by atoms with Crippen LogP contribution in [0.5, 0.6) is 0 Å². The van der Waals surface area contributed by atoms with E-state index in [2.05, 4.69) is 20.8 Å². The number of hydrogen-bond donors (Lipinski definition) is 0. The van der Waals surface area contributed by atoms with Crippen molar-refractivity contribution in [3.8, 4) is 0 Å². The summed E-state index contributed by atoms with van der Waals surface area (Å²) in [6.07, 6.45) is 4.64. The molecule has 0 amide bonds. The van der Waals surface area contributed by atoms with E-state index in [0.717, 1.165) is 18.8 Å². The molecule has 0 aromatic rings. The summed E-state index contributed by atoms with van der Waals surface area (Å²) in [7, 11) is 0. The Morgan fingerprint density at radius 2 is 2.18 bits per heavy atom. The fourth-order valence-corrected chi connectivity index (χ4v) is 2.14. The fraction of sp³-hybridized carbons (Fsp3) is 0.900. The summed E-state index contributed by atoms with van der Waals surface area (Å²) in [6, 6.07) is 0. The minimum Gasteiger partial charge on any atom is -0.303 e. The zero-order chi connectivity index (χ0) is 8.48. The average molecular weight is 154 g/mol. The average Bonchev–Trinajstić information content (AvgIpc) is 2.33. The summed E-state index contributed by atoms with van der Waals surface area (Å²) < 4.78 is 0. The molecule has 1 saturated carbocycles. The van der Waals surface area contributed by atoms with Gasteiger partial charge in [-0.25, -0.2) is 0 Å². The van der Waals surface area contributed by atoms with Crippen molar-refractivity contribution in [2.45, 2.75) is 40.0 Å². The van der Waals surface area contributed by atoms with Crippen molar-refractivity contribution in [1.82, 2.24) is 0 Å². The zero-order valence-electron chi connectivity index (χ0n) is 7.76. The van der Waals surface area contributed by atoms with E-state index in [4.69, 9.17) is 0 Å². The summed E-state index contributed by atoms with van der Waals surface area (Å²) in [6.45, 7) is 6.56. The molecule has 2 unspecified atom stereocenters. The summed E-state index contributed by atoms with van der Waals surface area (Å²) in [5, 5.41) is 0. The number of carbonyl (C=O) groups is 1. The van der Waals surface area contributed by atoms with Crippen LogP contribution in [0.1, 0.15) is 40.0 Å². The van der Waals surface area contributed by atoms with Crippen molar-refractivity contribution in [3.05, 3.63) is 0 Å². The lowest BCUT2D eigenvalue weighted by Crippen LogP contribution is -2.25. The van der Waals surface area contributed by atoms with Gasteiger partial charge in [-0.1, -0.05) is 20.8 Å². The third kappa shape index (κ3) is 1.47. The predicted molar refractivity (Wildman–Crippen MR) is 46.4 cm³/mol. The highest BCUT2D eigenvalue weighted by molar-refractivity contribution is 5.60. The van der Waals surface area contributed by atoms with Gasteiger partial charge >= 0.3 is 0 Å². The Morgan fingerprint density at radius 1 is 1.55 bits per heavy atom. The lowest BCUT2D eigenvalue weighted by Gasteiger charge is -2.26. The lowest BCUT2D eigenvalue weighted by molar-refractivity contribution is -0.118. The van der Waals surface area contributed by atoms with E-state index in [1.54, 1.807) is 0 Å². The normalized spacial score (nSPS) is 38.0. The highest BCUT2D eigenvalue weighted by atomic mass is 16.1. The Morgan fingerprint density at radius 3 is 2.36 bits per heavy atom. The van der Waals surface area contributed by atoms with Crippen molar-refractivity contribution in [1.29, 1.82) is 0 Å². The molecular formula is C10H18O. The summed E-state index contributed by atoms with van der Waals surface area (Å²) in [4.78, 5) is 10.9. The molecule has 1 heteroatoms. The van der Waals surface area contributed by atoms with E-state index >= 15 is 0 Å². The van der Waals surface area contributed by atoms with E-state index in [0.29, 0.717) is 5.92 Å². The molecule has 2 atom stereocenters. The molecule has 64 valence electrons. The van der Waals surface area contributed by atoms with E-state index in [1.807, 2.05) is 0 Å². The summed E-state index contributed by atoms with van der Waals surface area (Å²) >= 11 is 0. The summed E-state index contributed by atoms with van der Waals surface area (Å²) in [5.74, 6) is 1.27. The van der Waals surface area contributed by atoms with Gasteiger partial charge in [0.25, 0.3) is 0 Å². The molecule has 0 aromatic carbocycles. The van der Waals surface area contributed by atoms with E-state index in [1.165, 1.54) is 12.7 Å². The van der Waals surface area contributed by atoms with Gasteiger partial charge in [0.15, 0.2) is 0 Å². The third-order valence-corrected chi connectivity index (χ3v) is 3.22. The number of carbonyl (C=O) groups excluding carboxylic acids is 1. The van der Waals surface area contributed by atoms with Crippen molar-refractivity contribution in [2.75, 3.05) is 0 Å². The topological polar surface area (TPSA) is 17.1 Å². The van der Waals surface area contributed by atoms with Crippen LogP contribution >= 0.6 is 0 Å². The van der Waals surface area contributed by atoms with Crippen LogP contribution in [0.2, 0.25) is 0 Å². The Balaban J connectivity index is 2.70. The molecule has 0 saturated heterocycles. The molecule has 0 N–H and O–H groups in total. The van der Waals surface area contributed by atoms with Crippen molar-refractivity contribution in [2.24, 2.45) is 17.3 Å². The number of aldehydes is 1. The minimum atomic E-state index is 0.0272. The predicted octanol–water partition coefficient (Wildman–Crippen LogP) is 2.65. The smallest absolute Gasteiger partial charge is 0.126 e. The largest absolute Gasteiger partial charge is 0.303 e. The molecule has 1 rings (SSSR count). The van der Waals surface area contributed by atoms with Crippen LogP contribution in [0.3, 0.4) is 0 Å². The maximum absolute atomic E-state index is 10.9. The van der Waals surface area contributed by atoms with E-state index in [-0.39, 0.29) is 5.41 Å². The maximum Gasteiger partial charge on any atom is 0.126 e. The molecule has 0 spiro atoms. The third-order valence-electron chi connectivity index (χ3n) is 3.22. The van der Waals surface area contributed by atoms with Gasteiger partial charge in [-0.3, -0.25) is 0 Å². The summed E-state index contributed by atoms with van der Waals surface area (Å²) in [5.41, 5.74) is 0.0272. The van der Waals surface area contributed by atoms with Crippen molar-refractivity contribution >= 4 is 6.29 Å². The monoisotopic (exact) mass is 154 g/mol. The van der Waals surface area contributed by atoms with Crippen LogP contribution in [-0.2, 0) is 4.79 Å². The van der Waals surface area contributed by atoms with Crippen LogP contribution < -0.4 is 0 Å². The molecule has 11 heavy (non-hydrogen) atoms. The minimum absolute atomic E-state index is 0.0272. The highest BCUT2D eigenvalue weighted by Gasteiger charge is 2.39. The van der Waals surface area contributed by atoms with Crippen molar-refractivity contribution in [3.63, 3.8) is 0 Å². The molecule has 0 radical (unpaired) electrons. The molecule has 0 bridgehead atoms. The van der Waals surface area contributed by atoms with Gasteiger partial charge in [-0.2, -0.15) is 0 Å². The quantitative estimate of drug-likeness (QED) is 0.559. The molecule has 1 nitrogen and oxygen atoms in total. The zero-order valence-corrected chi connectivity index (χ0v) is 7.76. The molecule has 0 heterocycles.